The van der Waals surface area contributed by atoms with Gasteiger partial charge >= 0.3 is 0 Å². The molecule has 4 heterocycles. The number of nitrogens with one attached hydrogen (secondary N) is 1. The Hall–Kier alpha value is -3.84. The molecule has 0 saturated carbocycles. The molecule has 37 heavy (non-hydrogen) atoms. The lowest BCUT2D eigenvalue weighted by Gasteiger charge is -2.43. The predicted molar refractivity (Wildman–Crippen MR) is 144 cm³/mol. The zero-order valence-corrected chi connectivity index (χ0v) is 21.2. The molecule has 0 atom stereocenters. The number of rotatable bonds is 5. The zero-order chi connectivity index (χ0) is 25.2. The van der Waals surface area contributed by atoms with Gasteiger partial charge in [0.2, 0.25) is 5.91 Å². The molecule has 3 aliphatic rings. The minimum Gasteiger partial charge on any atom is -0.497 e. The Morgan fingerprint density at radius 1 is 1.08 bits per heavy atom. The van der Waals surface area contributed by atoms with Gasteiger partial charge in [0, 0.05) is 42.6 Å². The Balaban J connectivity index is 1.19. The minimum absolute atomic E-state index is 0.159. The van der Waals surface area contributed by atoms with E-state index >= 15 is 0 Å². The smallest absolute Gasteiger partial charge is 0.247 e. The number of hydrogen-bond donors (Lipinski definition) is 1. The number of fused-ring (bicyclic) bond motifs is 2. The summed E-state index contributed by atoms with van der Waals surface area (Å²) in [5, 5.41) is 3.09. The van der Waals surface area contributed by atoms with Gasteiger partial charge in [-0.1, -0.05) is 30.3 Å². The monoisotopic (exact) mass is 496 g/mol. The van der Waals surface area contributed by atoms with Gasteiger partial charge in [0.1, 0.15) is 23.6 Å². The first-order chi connectivity index (χ1) is 18.2. The van der Waals surface area contributed by atoms with Crippen LogP contribution in [-0.4, -0.2) is 54.7 Å². The van der Waals surface area contributed by atoms with Crippen molar-refractivity contribution < 1.29 is 14.3 Å². The van der Waals surface area contributed by atoms with Crippen LogP contribution in [0.4, 0.5) is 5.69 Å². The molecule has 1 aromatic heterocycles. The van der Waals surface area contributed by atoms with Crippen molar-refractivity contribution in [1.29, 1.82) is 0 Å². The summed E-state index contributed by atoms with van der Waals surface area (Å²) in [7, 11) is 1.69. The van der Waals surface area contributed by atoms with Crippen LogP contribution in [0.2, 0.25) is 0 Å². The number of anilines is 1. The molecule has 3 aromatic rings. The summed E-state index contributed by atoms with van der Waals surface area (Å²) in [5.74, 6) is 1.81. The van der Waals surface area contributed by atoms with Crippen molar-refractivity contribution >= 4 is 17.2 Å². The highest BCUT2D eigenvalue weighted by Gasteiger charge is 2.50. The first-order valence-electron chi connectivity index (χ1n) is 13.0. The maximum absolute atomic E-state index is 13.0. The van der Waals surface area contributed by atoms with E-state index < -0.39 is 5.54 Å². The van der Waals surface area contributed by atoms with E-state index in [1.54, 1.807) is 7.11 Å². The number of likely N-dealkylation sites (tertiary alicyclic amines) is 1. The summed E-state index contributed by atoms with van der Waals surface area (Å²) in [4.78, 5) is 22.3. The average Bonchev–Trinajstić information content (AvgIpc) is 3.17. The molecular weight excluding hydrogens is 464 g/mol. The number of amides is 1. The van der Waals surface area contributed by atoms with Crippen LogP contribution in [0.5, 0.6) is 11.5 Å². The molecule has 6 rings (SSSR count). The van der Waals surface area contributed by atoms with E-state index in [1.807, 2.05) is 48.7 Å². The number of piperidine rings is 1. The number of benzene rings is 2. The molecule has 0 unspecified atom stereocenters. The molecular formula is C30H32N4O3. The van der Waals surface area contributed by atoms with Crippen molar-refractivity contribution in [1.82, 2.24) is 15.2 Å². The van der Waals surface area contributed by atoms with E-state index in [1.165, 1.54) is 0 Å². The van der Waals surface area contributed by atoms with Crippen LogP contribution < -0.4 is 19.7 Å². The number of nitrogens with zero attached hydrogens (tertiary/aromatic N) is 3. The number of methoxy groups -OCH3 is 1. The molecule has 1 N–H and O–H groups in total. The third-order valence-electron chi connectivity index (χ3n) is 7.90. The minimum atomic E-state index is -0.449. The Morgan fingerprint density at radius 2 is 1.92 bits per heavy atom. The quantitative estimate of drug-likeness (QED) is 0.570. The van der Waals surface area contributed by atoms with Crippen molar-refractivity contribution in [2.45, 2.75) is 31.4 Å². The van der Waals surface area contributed by atoms with E-state index in [-0.39, 0.29) is 5.91 Å². The van der Waals surface area contributed by atoms with Gasteiger partial charge in [-0.2, -0.15) is 0 Å². The van der Waals surface area contributed by atoms with Gasteiger partial charge < -0.3 is 24.6 Å². The first kappa shape index (κ1) is 23.6. The van der Waals surface area contributed by atoms with E-state index in [9.17, 15) is 4.79 Å². The first-order valence-corrected chi connectivity index (χ1v) is 13.0. The van der Waals surface area contributed by atoms with Gasteiger partial charge in [0.05, 0.1) is 19.5 Å². The molecule has 2 fully saturated rings. The fraction of sp³-hybridized carbons (Fsp3) is 0.333. The second-order valence-electron chi connectivity index (χ2n) is 9.86. The van der Waals surface area contributed by atoms with Crippen molar-refractivity contribution in [2.24, 2.45) is 0 Å². The fourth-order valence-electron chi connectivity index (χ4n) is 5.85. The maximum Gasteiger partial charge on any atom is 0.247 e. The number of pyridine rings is 1. The van der Waals surface area contributed by atoms with Crippen molar-refractivity contribution in [3.05, 3.63) is 89.8 Å². The van der Waals surface area contributed by atoms with Crippen LogP contribution >= 0.6 is 0 Å². The molecule has 7 heteroatoms. The lowest BCUT2D eigenvalue weighted by Crippen LogP contribution is -2.56. The summed E-state index contributed by atoms with van der Waals surface area (Å²) in [6.07, 6.45) is 6.66. The van der Waals surface area contributed by atoms with Crippen molar-refractivity contribution in [3.63, 3.8) is 0 Å². The lowest BCUT2D eigenvalue weighted by atomic mass is 9.85. The second-order valence-corrected chi connectivity index (χ2v) is 9.86. The van der Waals surface area contributed by atoms with E-state index in [0.717, 1.165) is 78.5 Å². The van der Waals surface area contributed by atoms with Gasteiger partial charge in [-0.3, -0.25) is 9.78 Å². The highest BCUT2D eigenvalue weighted by molar-refractivity contribution is 5.93. The molecule has 0 aliphatic carbocycles. The van der Waals surface area contributed by atoms with Gasteiger partial charge in [-0.25, -0.2) is 0 Å². The number of hydrogen-bond acceptors (Lipinski definition) is 6. The SMILES string of the molecule is COc1ccc2c(c1)C(=CCCN1CCC3(CC1)C(=O)NCN3c1ccccc1)c1cccnc1CO2. The van der Waals surface area contributed by atoms with Crippen LogP contribution in [0, 0.1) is 0 Å². The Labute approximate surface area is 217 Å². The van der Waals surface area contributed by atoms with Crippen LogP contribution in [0.25, 0.3) is 5.57 Å². The van der Waals surface area contributed by atoms with Gasteiger partial charge in [-0.05, 0) is 61.2 Å². The largest absolute Gasteiger partial charge is 0.497 e. The molecule has 1 amide bonds. The third kappa shape index (κ3) is 4.33. The van der Waals surface area contributed by atoms with Gasteiger partial charge in [0.15, 0.2) is 0 Å². The molecule has 1 spiro atoms. The number of carbonyl (C=O) groups excluding carboxylic acids is 1. The second kappa shape index (κ2) is 9.90. The van der Waals surface area contributed by atoms with E-state index in [0.29, 0.717) is 13.3 Å². The average molecular weight is 497 g/mol. The highest BCUT2D eigenvalue weighted by Crippen LogP contribution is 2.39. The summed E-state index contributed by atoms with van der Waals surface area (Å²) >= 11 is 0. The van der Waals surface area contributed by atoms with Crippen LogP contribution in [-0.2, 0) is 11.4 Å². The summed E-state index contributed by atoms with van der Waals surface area (Å²) in [6, 6.07) is 20.3. The predicted octanol–water partition coefficient (Wildman–Crippen LogP) is 4.23. The Morgan fingerprint density at radius 3 is 2.73 bits per heavy atom. The summed E-state index contributed by atoms with van der Waals surface area (Å²) < 4.78 is 11.6. The zero-order valence-electron chi connectivity index (χ0n) is 21.2. The van der Waals surface area contributed by atoms with Crippen molar-refractivity contribution in [3.8, 4) is 11.5 Å². The fourth-order valence-corrected chi connectivity index (χ4v) is 5.85. The van der Waals surface area contributed by atoms with Crippen LogP contribution in [0.3, 0.4) is 0 Å². The van der Waals surface area contributed by atoms with Crippen molar-refractivity contribution in [2.75, 3.05) is 38.3 Å². The standard InChI is InChI=1S/C30H32N4O3/c1-36-23-11-12-28-26(19-23)24(25-9-5-15-31-27(25)20-37-28)10-6-16-33-17-13-30(14-18-33)29(35)32-21-34(30)22-7-3-2-4-8-22/h2-5,7-12,15,19H,6,13-14,16-18,20-21H2,1H3,(H,32,35). The molecule has 7 nitrogen and oxygen atoms in total. The van der Waals surface area contributed by atoms with Gasteiger partial charge in [-0.15, -0.1) is 0 Å². The number of carbonyl (C=O) groups is 1. The summed E-state index contributed by atoms with van der Waals surface area (Å²) in [6.45, 7) is 3.74. The molecule has 2 aromatic carbocycles. The Bertz CT molecular complexity index is 1320. The topological polar surface area (TPSA) is 66.9 Å². The lowest BCUT2D eigenvalue weighted by molar-refractivity contribution is -0.125. The summed E-state index contributed by atoms with van der Waals surface area (Å²) in [5.41, 5.74) is 4.87. The third-order valence-corrected chi connectivity index (χ3v) is 7.90. The van der Waals surface area contributed by atoms with Crippen LogP contribution in [0.1, 0.15) is 36.1 Å². The highest BCUT2D eigenvalue weighted by atomic mass is 16.5. The molecule has 2 saturated heterocycles. The number of ether oxygens (including phenoxy) is 2. The van der Waals surface area contributed by atoms with Crippen LogP contribution in [0.15, 0.2) is 72.9 Å². The maximum atomic E-state index is 13.0. The molecule has 190 valence electrons. The van der Waals surface area contributed by atoms with E-state index in [4.69, 9.17) is 9.47 Å². The molecule has 3 aliphatic heterocycles. The van der Waals surface area contributed by atoms with Gasteiger partial charge in [0.25, 0.3) is 0 Å². The molecule has 0 radical (unpaired) electrons. The van der Waals surface area contributed by atoms with E-state index in [2.05, 4.69) is 44.4 Å². The molecule has 0 bridgehead atoms. The number of aromatic nitrogens is 1. The Kier molecular flexibility index (Phi) is 6.30. The number of para-hydroxylation sites is 1. The normalized spacial score (nSPS) is 19.6.